The van der Waals surface area contributed by atoms with Crippen molar-refractivity contribution in [3.63, 3.8) is 0 Å². The number of hydrogen-bond acceptors (Lipinski definition) is 4. The van der Waals surface area contributed by atoms with Gasteiger partial charge in [-0.3, -0.25) is 4.79 Å². The predicted octanol–water partition coefficient (Wildman–Crippen LogP) is -0.786. The first-order valence-electron chi connectivity index (χ1n) is 5.96. The van der Waals surface area contributed by atoms with Gasteiger partial charge in [-0.25, -0.2) is 4.98 Å². The Morgan fingerprint density at radius 3 is 3.29 bits per heavy atom. The fourth-order valence-corrected chi connectivity index (χ4v) is 2.29. The van der Waals surface area contributed by atoms with Gasteiger partial charge < -0.3 is 19.5 Å². The summed E-state index contributed by atoms with van der Waals surface area (Å²) in [7, 11) is 0. The highest BCUT2D eigenvalue weighted by atomic mass is 16.5. The summed E-state index contributed by atoms with van der Waals surface area (Å²) >= 11 is 0. The van der Waals surface area contributed by atoms with E-state index in [1.54, 1.807) is 6.20 Å². The molecule has 3 heterocycles. The number of fused-ring (bicyclic) bond motifs is 1. The molecule has 1 unspecified atom stereocenters. The molecule has 17 heavy (non-hydrogen) atoms. The van der Waals surface area contributed by atoms with Gasteiger partial charge in [0.25, 0.3) is 5.91 Å². The van der Waals surface area contributed by atoms with E-state index in [9.17, 15) is 4.79 Å². The van der Waals surface area contributed by atoms with Gasteiger partial charge in [-0.1, -0.05) is 0 Å². The first-order valence-corrected chi connectivity index (χ1v) is 5.96. The van der Waals surface area contributed by atoms with Crippen LogP contribution in [0.3, 0.4) is 0 Å². The molecule has 3 rings (SSSR count). The van der Waals surface area contributed by atoms with Crippen LogP contribution in [-0.2, 0) is 22.6 Å². The topological polar surface area (TPSA) is 59.4 Å². The van der Waals surface area contributed by atoms with Crippen LogP contribution >= 0.6 is 0 Å². The lowest BCUT2D eigenvalue weighted by molar-refractivity contribution is -0.146. The first-order chi connectivity index (χ1) is 8.34. The Morgan fingerprint density at radius 2 is 2.47 bits per heavy atom. The van der Waals surface area contributed by atoms with Gasteiger partial charge in [-0.2, -0.15) is 0 Å². The van der Waals surface area contributed by atoms with Crippen LogP contribution in [0, 0.1) is 0 Å². The van der Waals surface area contributed by atoms with Crippen LogP contribution in [0.4, 0.5) is 0 Å². The highest BCUT2D eigenvalue weighted by molar-refractivity contribution is 5.81. The number of ether oxygens (including phenoxy) is 1. The quantitative estimate of drug-likeness (QED) is 0.694. The highest BCUT2D eigenvalue weighted by Gasteiger charge is 2.29. The molecule has 6 nitrogen and oxygen atoms in total. The Kier molecular flexibility index (Phi) is 2.82. The number of nitrogens with zero attached hydrogens (tertiary/aromatic N) is 3. The Labute approximate surface area is 99.6 Å². The van der Waals surface area contributed by atoms with E-state index < -0.39 is 0 Å². The van der Waals surface area contributed by atoms with Crippen molar-refractivity contribution in [3.05, 3.63) is 18.2 Å². The number of carbonyl (C=O) groups is 1. The number of hydrogen-bond donors (Lipinski definition) is 1. The van der Waals surface area contributed by atoms with E-state index in [-0.39, 0.29) is 12.0 Å². The molecular formula is C11H16N4O2. The number of imidazole rings is 1. The second kappa shape index (κ2) is 4.46. The van der Waals surface area contributed by atoms with Crippen LogP contribution in [0.5, 0.6) is 0 Å². The van der Waals surface area contributed by atoms with Gasteiger partial charge in [0.15, 0.2) is 0 Å². The maximum atomic E-state index is 12.2. The number of rotatable bonds is 1. The van der Waals surface area contributed by atoms with Crippen LogP contribution in [0.25, 0.3) is 0 Å². The Morgan fingerprint density at radius 1 is 1.53 bits per heavy atom. The minimum Gasteiger partial charge on any atom is -0.366 e. The Hall–Kier alpha value is -1.40. The summed E-state index contributed by atoms with van der Waals surface area (Å²) in [5.41, 5.74) is 0. The van der Waals surface area contributed by atoms with Crippen molar-refractivity contribution >= 4 is 5.91 Å². The predicted molar refractivity (Wildman–Crippen MR) is 60.3 cm³/mol. The summed E-state index contributed by atoms with van der Waals surface area (Å²) in [5, 5.41) is 3.18. The average Bonchev–Trinajstić information content (AvgIpc) is 2.86. The molecule has 0 aromatic carbocycles. The molecule has 1 amide bonds. The molecule has 1 N–H and O–H groups in total. The summed E-state index contributed by atoms with van der Waals surface area (Å²) in [6.45, 7) is 4.20. The second-order valence-corrected chi connectivity index (χ2v) is 4.36. The SMILES string of the molecule is O=C(C1CNCCO1)N1CCn2ccnc2C1. The molecule has 2 aliphatic heterocycles. The third-order valence-corrected chi connectivity index (χ3v) is 3.26. The summed E-state index contributed by atoms with van der Waals surface area (Å²) in [6.07, 6.45) is 3.41. The highest BCUT2D eigenvalue weighted by Crippen LogP contribution is 2.12. The number of amides is 1. The van der Waals surface area contributed by atoms with Crippen LogP contribution in [0.15, 0.2) is 12.4 Å². The van der Waals surface area contributed by atoms with Crippen molar-refractivity contribution in [2.24, 2.45) is 0 Å². The van der Waals surface area contributed by atoms with E-state index in [0.29, 0.717) is 19.7 Å². The van der Waals surface area contributed by atoms with Gasteiger partial charge in [0.2, 0.25) is 0 Å². The number of carbonyl (C=O) groups excluding carboxylic acids is 1. The largest absolute Gasteiger partial charge is 0.366 e. The lowest BCUT2D eigenvalue weighted by Crippen LogP contribution is -2.51. The van der Waals surface area contributed by atoms with Crippen molar-refractivity contribution < 1.29 is 9.53 Å². The molecule has 0 saturated carbocycles. The van der Waals surface area contributed by atoms with Crippen molar-refractivity contribution in [1.82, 2.24) is 19.8 Å². The molecule has 1 atom stereocenters. The molecule has 0 radical (unpaired) electrons. The number of morpholine rings is 1. The van der Waals surface area contributed by atoms with Gasteiger partial charge in [-0.05, 0) is 0 Å². The Bertz CT molecular complexity index is 411. The summed E-state index contributed by atoms with van der Waals surface area (Å²) in [4.78, 5) is 18.3. The minimum atomic E-state index is -0.328. The molecular weight excluding hydrogens is 220 g/mol. The normalized spacial score (nSPS) is 24.5. The maximum absolute atomic E-state index is 12.2. The number of aromatic nitrogens is 2. The van der Waals surface area contributed by atoms with Crippen LogP contribution in [0.2, 0.25) is 0 Å². The van der Waals surface area contributed by atoms with E-state index in [0.717, 1.165) is 25.5 Å². The molecule has 92 valence electrons. The van der Waals surface area contributed by atoms with Crippen molar-refractivity contribution in [2.45, 2.75) is 19.2 Å². The van der Waals surface area contributed by atoms with Gasteiger partial charge in [0.05, 0.1) is 13.2 Å². The third-order valence-electron chi connectivity index (χ3n) is 3.26. The zero-order chi connectivity index (χ0) is 11.7. The summed E-state index contributed by atoms with van der Waals surface area (Å²) in [6, 6.07) is 0. The molecule has 1 aromatic heterocycles. The van der Waals surface area contributed by atoms with E-state index in [1.807, 2.05) is 11.1 Å². The molecule has 0 spiro atoms. The number of nitrogens with one attached hydrogen (secondary N) is 1. The average molecular weight is 236 g/mol. The molecule has 0 aliphatic carbocycles. The van der Waals surface area contributed by atoms with Gasteiger partial charge in [0, 0.05) is 38.6 Å². The third kappa shape index (κ3) is 2.05. The van der Waals surface area contributed by atoms with E-state index in [2.05, 4.69) is 14.9 Å². The smallest absolute Gasteiger partial charge is 0.253 e. The van der Waals surface area contributed by atoms with Gasteiger partial charge >= 0.3 is 0 Å². The molecule has 2 aliphatic rings. The molecule has 6 heteroatoms. The van der Waals surface area contributed by atoms with Gasteiger partial charge in [0.1, 0.15) is 11.9 Å². The molecule has 1 fully saturated rings. The summed E-state index contributed by atoms with van der Waals surface area (Å²) in [5.74, 6) is 1.03. The standard InChI is InChI=1S/C11H16N4O2/c16-11(9-7-12-2-6-17-9)15-5-4-14-3-1-13-10(14)8-15/h1,3,9,12H,2,4-8H2. The Balaban J connectivity index is 1.67. The zero-order valence-corrected chi connectivity index (χ0v) is 9.63. The van der Waals surface area contributed by atoms with E-state index in [1.165, 1.54) is 0 Å². The lowest BCUT2D eigenvalue weighted by atomic mass is 10.2. The molecule has 0 bridgehead atoms. The summed E-state index contributed by atoms with van der Waals surface area (Å²) < 4.78 is 7.57. The monoisotopic (exact) mass is 236 g/mol. The zero-order valence-electron chi connectivity index (χ0n) is 9.63. The molecule has 1 aromatic rings. The van der Waals surface area contributed by atoms with Crippen molar-refractivity contribution in [2.75, 3.05) is 26.2 Å². The van der Waals surface area contributed by atoms with Crippen LogP contribution < -0.4 is 5.32 Å². The van der Waals surface area contributed by atoms with E-state index >= 15 is 0 Å². The van der Waals surface area contributed by atoms with Crippen LogP contribution in [-0.4, -0.2) is 52.7 Å². The van der Waals surface area contributed by atoms with E-state index in [4.69, 9.17) is 4.74 Å². The lowest BCUT2D eigenvalue weighted by Gasteiger charge is -2.32. The molecule has 1 saturated heterocycles. The van der Waals surface area contributed by atoms with Crippen LogP contribution in [0.1, 0.15) is 5.82 Å². The second-order valence-electron chi connectivity index (χ2n) is 4.36. The van der Waals surface area contributed by atoms with Crippen molar-refractivity contribution in [1.29, 1.82) is 0 Å². The maximum Gasteiger partial charge on any atom is 0.253 e. The minimum absolute atomic E-state index is 0.0754. The van der Waals surface area contributed by atoms with Crippen molar-refractivity contribution in [3.8, 4) is 0 Å². The fraction of sp³-hybridized carbons (Fsp3) is 0.636. The fourth-order valence-electron chi connectivity index (χ4n) is 2.29. The van der Waals surface area contributed by atoms with Gasteiger partial charge in [-0.15, -0.1) is 0 Å². The first kappa shape index (κ1) is 10.7.